The van der Waals surface area contributed by atoms with E-state index in [9.17, 15) is 4.79 Å². The summed E-state index contributed by atoms with van der Waals surface area (Å²) >= 11 is 0. The minimum atomic E-state index is -0.251. The number of ether oxygens (including phenoxy) is 2. The number of para-hydroxylation sites is 1. The molecule has 0 N–H and O–H groups in total. The van der Waals surface area contributed by atoms with E-state index in [4.69, 9.17) is 13.9 Å². The van der Waals surface area contributed by atoms with Crippen LogP contribution in [0.3, 0.4) is 0 Å². The molecule has 8 heteroatoms. The van der Waals surface area contributed by atoms with Gasteiger partial charge in [0.1, 0.15) is 5.75 Å². The quantitative estimate of drug-likeness (QED) is 0.819. The van der Waals surface area contributed by atoms with Crippen LogP contribution in [0.2, 0.25) is 0 Å². The molecule has 1 aromatic carbocycles. The lowest BCUT2D eigenvalue weighted by molar-refractivity contribution is 0.0756. The van der Waals surface area contributed by atoms with Crippen molar-refractivity contribution in [1.29, 1.82) is 0 Å². The number of hydrogen-bond donors (Lipinski definition) is 0. The average molecular weight is 346 g/mol. The molecule has 0 saturated carbocycles. The molecule has 0 atom stereocenters. The van der Waals surface area contributed by atoms with Crippen LogP contribution in [-0.4, -0.2) is 66.0 Å². The van der Waals surface area contributed by atoms with Crippen molar-refractivity contribution in [3.63, 3.8) is 0 Å². The van der Waals surface area contributed by atoms with Gasteiger partial charge in [0.15, 0.2) is 0 Å². The zero-order chi connectivity index (χ0) is 17.6. The van der Waals surface area contributed by atoms with E-state index in [1.165, 1.54) is 0 Å². The second-order valence-corrected chi connectivity index (χ2v) is 5.66. The Morgan fingerprint density at radius 2 is 1.96 bits per heavy atom. The number of amides is 1. The number of rotatable bonds is 5. The van der Waals surface area contributed by atoms with Gasteiger partial charge in [-0.3, -0.25) is 4.90 Å². The molecule has 0 radical (unpaired) electrons. The Balaban J connectivity index is 1.59. The molecule has 0 unspecified atom stereocenters. The van der Waals surface area contributed by atoms with Crippen molar-refractivity contribution in [2.75, 3.05) is 39.9 Å². The summed E-state index contributed by atoms with van der Waals surface area (Å²) in [5.74, 6) is 1.68. The van der Waals surface area contributed by atoms with Crippen LogP contribution >= 0.6 is 0 Å². The highest BCUT2D eigenvalue weighted by Crippen LogP contribution is 2.28. The largest absolute Gasteiger partial charge is 0.496 e. The lowest BCUT2D eigenvalue weighted by Gasteiger charge is -2.33. The predicted molar refractivity (Wildman–Crippen MR) is 90.2 cm³/mol. The number of carbonyl (C=O) groups excluding carboxylic acids is 1. The summed E-state index contributed by atoms with van der Waals surface area (Å²) in [7, 11) is 1.61. The first-order chi connectivity index (χ1) is 12.2. The highest BCUT2D eigenvalue weighted by molar-refractivity contribution is 5.67. The van der Waals surface area contributed by atoms with Gasteiger partial charge in [0.05, 0.1) is 25.8 Å². The van der Waals surface area contributed by atoms with Crippen LogP contribution in [0, 0.1) is 0 Å². The highest BCUT2D eigenvalue weighted by atomic mass is 16.6. The number of benzene rings is 1. The molecule has 1 aromatic heterocycles. The zero-order valence-corrected chi connectivity index (χ0v) is 14.5. The number of aromatic nitrogens is 2. The summed E-state index contributed by atoms with van der Waals surface area (Å²) in [4.78, 5) is 15.6. The molecule has 2 aromatic rings. The van der Waals surface area contributed by atoms with Gasteiger partial charge in [0, 0.05) is 26.2 Å². The lowest BCUT2D eigenvalue weighted by atomic mass is 10.2. The van der Waals surface area contributed by atoms with Gasteiger partial charge in [-0.2, -0.15) is 0 Å². The fourth-order valence-corrected chi connectivity index (χ4v) is 2.74. The van der Waals surface area contributed by atoms with Crippen molar-refractivity contribution in [2.24, 2.45) is 0 Å². The zero-order valence-electron chi connectivity index (χ0n) is 14.5. The van der Waals surface area contributed by atoms with E-state index in [-0.39, 0.29) is 6.09 Å². The van der Waals surface area contributed by atoms with E-state index >= 15 is 0 Å². The smallest absolute Gasteiger partial charge is 0.409 e. The van der Waals surface area contributed by atoms with E-state index in [2.05, 4.69) is 15.1 Å². The van der Waals surface area contributed by atoms with Crippen molar-refractivity contribution >= 4 is 6.09 Å². The molecule has 3 rings (SSSR count). The Morgan fingerprint density at radius 3 is 2.68 bits per heavy atom. The first kappa shape index (κ1) is 17.2. The van der Waals surface area contributed by atoms with E-state index in [0.717, 1.165) is 18.7 Å². The van der Waals surface area contributed by atoms with Crippen LogP contribution in [0.15, 0.2) is 28.7 Å². The Labute approximate surface area is 146 Å². The maximum Gasteiger partial charge on any atom is 0.409 e. The van der Waals surface area contributed by atoms with E-state index in [1.807, 2.05) is 31.2 Å². The molecule has 25 heavy (non-hydrogen) atoms. The topological polar surface area (TPSA) is 80.9 Å². The number of hydrogen-bond acceptors (Lipinski definition) is 7. The summed E-state index contributed by atoms with van der Waals surface area (Å²) < 4.78 is 16.1. The summed E-state index contributed by atoms with van der Waals surface area (Å²) in [6, 6.07) is 7.53. The number of carbonyl (C=O) groups is 1. The van der Waals surface area contributed by atoms with Gasteiger partial charge in [0.25, 0.3) is 5.89 Å². The Bertz CT molecular complexity index is 710. The fraction of sp³-hybridized carbons (Fsp3) is 0.471. The Kier molecular flexibility index (Phi) is 5.49. The standard InChI is InChI=1S/C17H22N4O4/c1-3-24-17(22)21-10-8-20(9-11-21)12-15-18-19-16(25-15)13-6-4-5-7-14(13)23-2/h4-7H,3,8-12H2,1-2H3. The van der Waals surface area contributed by atoms with E-state index in [1.54, 1.807) is 12.0 Å². The van der Waals surface area contributed by atoms with Gasteiger partial charge in [-0.1, -0.05) is 12.1 Å². The van der Waals surface area contributed by atoms with E-state index < -0.39 is 0 Å². The molecule has 0 aliphatic carbocycles. The third-order valence-corrected chi connectivity index (χ3v) is 4.06. The van der Waals surface area contributed by atoms with Gasteiger partial charge < -0.3 is 18.8 Å². The third kappa shape index (κ3) is 4.08. The second-order valence-electron chi connectivity index (χ2n) is 5.66. The highest BCUT2D eigenvalue weighted by Gasteiger charge is 2.23. The van der Waals surface area contributed by atoms with Crippen LogP contribution in [0.1, 0.15) is 12.8 Å². The maximum absolute atomic E-state index is 11.7. The lowest BCUT2D eigenvalue weighted by Crippen LogP contribution is -2.48. The monoisotopic (exact) mass is 346 g/mol. The van der Waals surface area contributed by atoms with Crippen molar-refractivity contribution in [2.45, 2.75) is 13.5 Å². The second kappa shape index (κ2) is 7.98. The van der Waals surface area contributed by atoms with E-state index in [0.29, 0.717) is 43.8 Å². The Hall–Kier alpha value is -2.61. The molecule has 8 nitrogen and oxygen atoms in total. The van der Waals surface area contributed by atoms with Crippen molar-refractivity contribution in [1.82, 2.24) is 20.0 Å². The van der Waals surface area contributed by atoms with Crippen molar-refractivity contribution < 1.29 is 18.7 Å². The molecule has 1 amide bonds. The van der Waals surface area contributed by atoms with Crippen LogP contribution in [-0.2, 0) is 11.3 Å². The molecule has 1 aliphatic heterocycles. The molecular formula is C17H22N4O4. The first-order valence-corrected chi connectivity index (χ1v) is 8.31. The SMILES string of the molecule is CCOC(=O)N1CCN(Cc2nnc(-c3ccccc3OC)o2)CC1. The van der Waals surface area contributed by atoms with Gasteiger partial charge in [0.2, 0.25) is 5.89 Å². The number of piperazine rings is 1. The van der Waals surface area contributed by atoms with Crippen LogP contribution in [0.25, 0.3) is 11.5 Å². The summed E-state index contributed by atoms with van der Waals surface area (Å²) in [5, 5.41) is 8.25. The maximum atomic E-state index is 11.7. The summed E-state index contributed by atoms with van der Waals surface area (Å²) in [5.41, 5.74) is 0.774. The Morgan fingerprint density at radius 1 is 1.20 bits per heavy atom. The number of methoxy groups -OCH3 is 1. The molecular weight excluding hydrogens is 324 g/mol. The third-order valence-electron chi connectivity index (χ3n) is 4.06. The van der Waals surface area contributed by atoms with Crippen LogP contribution in [0.5, 0.6) is 5.75 Å². The van der Waals surface area contributed by atoms with Gasteiger partial charge in [-0.05, 0) is 19.1 Å². The van der Waals surface area contributed by atoms with Gasteiger partial charge in [-0.25, -0.2) is 4.79 Å². The molecule has 0 spiro atoms. The van der Waals surface area contributed by atoms with Crippen molar-refractivity contribution in [3.05, 3.63) is 30.2 Å². The molecule has 0 bridgehead atoms. The molecule has 134 valence electrons. The first-order valence-electron chi connectivity index (χ1n) is 8.31. The summed E-state index contributed by atoms with van der Waals surface area (Å²) in [6.45, 7) is 5.50. The molecule has 1 fully saturated rings. The molecule has 2 heterocycles. The summed E-state index contributed by atoms with van der Waals surface area (Å²) in [6.07, 6.45) is -0.251. The van der Waals surface area contributed by atoms with Crippen molar-refractivity contribution in [3.8, 4) is 17.2 Å². The van der Waals surface area contributed by atoms with Gasteiger partial charge in [-0.15, -0.1) is 10.2 Å². The minimum Gasteiger partial charge on any atom is -0.496 e. The fourth-order valence-electron chi connectivity index (χ4n) is 2.74. The normalized spacial score (nSPS) is 15.2. The van der Waals surface area contributed by atoms with Gasteiger partial charge >= 0.3 is 6.09 Å². The average Bonchev–Trinajstić information content (AvgIpc) is 3.11. The predicted octanol–water partition coefficient (Wildman–Crippen LogP) is 2.02. The molecule has 1 saturated heterocycles. The number of nitrogens with zero attached hydrogens (tertiary/aromatic N) is 4. The van der Waals surface area contributed by atoms with Crippen LogP contribution < -0.4 is 4.74 Å². The van der Waals surface area contributed by atoms with Crippen LogP contribution in [0.4, 0.5) is 4.79 Å². The molecule has 1 aliphatic rings. The minimum absolute atomic E-state index is 0.251.